The van der Waals surface area contributed by atoms with Crippen LogP contribution in [0.4, 0.5) is 13.2 Å². The lowest BCUT2D eigenvalue weighted by molar-refractivity contribution is -0.142. The fourth-order valence-electron chi connectivity index (χ4n) is 2.81. The van der Waals surface area contributed by atoms with Crippen molar-refractivity contribution >= 4 is 5.96 Å². The van der Waals surface area contributed by atoms with Crippen LogP contribution in [-0.4, -0.2) is 52.4 Å². The van der Waals surface area contributed by atoms with Crippen molar-refractivity contribution in [3.63, 3.8) is 0 Å². The Bertz CT molecular complexity index is 570. The third-order valence-corrected chi connectivity index (χ3v) is 3.91. The number of nitrogens with one attached hydrogen (secondary N) is 2. The third kappa shape index (κ3) is 6.86. The zero-order valence-corrected chi connectivity index (χ0v) is 16.5. The SMILES string of the molecule is CCNC(=NCc1cn(C)nc1C(F)(F)F)NCCN(C(C)C)C(C)C. The van der Waals surface area contributed by atoms with Crippen molar-refractivity contribution in [1.82, 2.24) is 25.3 Å². The molecule has 0 radical (unpaired) electrons. The molecule has 0 aliphatic heterocycles. The average molecular weight is 376 g/mol. The highest BCUT2D eigenvalue weighted by molar-refractivity contribution is 5.79. The molecule has 9 heteroatoms. The van der Waals surface area contributed by atoms with Crippen LogP contribution in [0.25, 0.3) is 0 Å². The fourth-order valence-corrected chi connectivity index (χ4v) is 2.81. The highest BCUT2D eigenvalue weighted by atomic mass is 19.4. The van der Waals surface area contributed by atoms with Crippen molar-refractivity contribution in [2.75, 3.05) is 19.6 Å². The van der Waals surface area contributed by atoms with Crippen LogP contribution >= 0.6 is 0 Å². The van der Waals surface area contributed by atoms with Gasteiger partial charge in [-0.1, -0.05) is 0 Å². The monoisotopic (exact) mass is 376 g/mol. The maximum absolute atomic E-state index is 13.0. The second kappa shape index (κ2) is 9.80. The lowest BCUT2D eigenvalue weighted by Gasteiger charge is -2.30. The molecule has 150 valence electrons. The van der Waals surface area contributed by atoms with Crippen molar-refractivity contribution < 1.29 is 13.2 Å². The van der Waals surface area contributed by atoms with Crippen molar-refractivity contribution in [2.24, 2.45) is 12.0 Å². The summed E-state index contributed by atoms with van der Waals surface area (Å²) in [4.78, 5) is 6.61. The Labute approximate surface area is 153 Å². The fraction of sp³-hybridized carbons (Fsp3) is 0.765. The molecule has 0 aliphatic rings. The van der Waals surface area contributed by atoms with Gasteiger partial charge in [-0.2, -0.15) is 18.3 Å². The maximum atomic E-state index is 13.0. The third-order valence-electron chi connectivity index (χ3n) is 3.91. The second-order valence-corrected chi connectivity index (χ2v) is 6.72. The summed E-state index contributed by atoms with van der Waals surface area (Å²) in [5.41, 5.74) is -0.825. The van der Waals surface area contributed by atoms with E-state index in [9.17, 15) is 13.2 Å². The topological polar surface area (TPSA) is 57.5 Å². The Kier molecular flexibility index (Phi) is 8.39. The molecule has 1 aromatic rings. The standard InChI is InChI=1S/C17H31F3N6/c1-7-21-16(22-8-9-26(12(2)3)13(4)5)23-10-14-11-25(6)24-15(14)17(18,19)20/h11-13H,7-10H2,1-6H3,(H2,21,22,23). The summed E-state index contributed by atoms with van der Waals surface area (Å²) in [6, 6.07) is 0.835. The van der Waals surface area contributed by atoms with Gasteiger partial charge in [0.2, 0.25) is 0 Å². The van der Waals surface area contributed by atoms with Crippen LogP contribution in [-0.2, 0) is 19.8 Å². The maximum Gasteiger partial charge on any atom is 0.435 e. The number of nitrogens with zero attached hydrogens (tertiary/aromatic N) is 4. The quantitative estimate of drug-likeness (QED) is 0.541. The van der Waals surface area contributed by atoms with Gasteiger partial charge in [0.1, 0.15) is 0 Å². The lowest BCUT2D eigenvalue weighted by Crippen LogP contribution is -2.45. The molecule has 1 rings (SSSR count). The Morgan fingerprint density at radius 2 is 1.85 bits per heavy atom. The van der Waals surface area contributed by atoms with E-state index in [0.717, 1.165) is 11.2 Å². The Balaban J connectivity index is 2.76. The molecule has 0 spiro atoms. The first-order chi connectivity index (χ1) is 12.1. The lowest BCUT2D eigenvalue weighted by atomic mass is 10.2. The number of hydrogen-bond donors (Lipinski definition) is 2. The van der Waals surface area contributed by atoms with Crippen LogP contribution < -0.4 is 10.6 Å². The molecule has 0 saturated heterocycles. The minimum atomic E-state index is -4.48. The summed E-state index contributed by atoms with van der Waals surface area (Å²) >= 11 is 0. The van der Waals surface area contributed by atoms with E-state index in [-0.39, 0.29) is 12.1 Å². The van der Waals surface area contributed by atoms with E-state index in [1.54, 1.807) is 0 Å². The number of aryl methyl sites for hydroxylation is 1. The molecule has 0 bridgehead atoms. The molecule has 0 fully saturated rings. The van der Waals surface area contributed by atoms with Gasteiger partial charge < -0.3 is 10.6 Å². The minimum Gasteiger partial charge on any atom is -0.357 e. The molecule has 0 atom stereocenters. The Morgan fingerprint density at radius 1 is 1.23 bits per heavy atom. The Hall–Kier alpha value is -1.77. The molecule has 6 nitrogen and oxygen atoms in total. The molecule has 0 aliphatic carbocycles. The summed E-state index contributed by atoms with van der Waals surface area (Å²) in [5.74, 6) is 0.497. The van der Waals surface area contributed by atoms with Gasteiger partial charge in [-0.3, -0.25) is 9.58 Å². The summed E-state index contributed by atoms with van der Waals surface area (Å²) in [5, 5.41) is 9.75. The van der Waals surface area contributed by atoms with Gasteiger partial charge in [0.15, 0.2) is 11.7 Å². The molecule has 1 heterocycles. The molecule has 0 amide bonds. The molecule has 0 unspecified atom stereocenters. The predicted molar refractivity (Wildman–Crippen MR) is 98.0 cm³/mol. The van der Waals surface area contributed by atoms with Crippen LogP contribution in [0.1, 0.15) is 45.9 Å². The van der Waals surface area contributed by atoms with Crippen molar-refractivity contribution in [1.29, 1.82) is 0 Å². The largest absolute Gasteiger partial charge is 0.435 e. The second-order valence-electron chi connectivity index (χ2n) is 6.72. The molecule has 1 aromatic heterocycles. The van der Waals surface area contributed by atoms with Gasteiger partial charge in [-0.25, -0.2) is 4.99 Å². The van der Waals surface area contributed by atoms with Crippen LogP contribution in [0.15, 0.2) is 11.2 Å². The predicted octanol–water partition coefficient (Wildman–Crippen LogP) is 2.61. The number of rotatable bonds is 8. The number of hydrogen-bond acceptors (Lipinski definition) is 3. The number of aromatic nitrogens is 2. The first kappa shape index (κ1) is 22.3. The summed E-state index contributed by atoms with van der Waals surface area (Å²) < 4.78 is 40.2. The van der Waals surface area contributed by atoms with E-state index in [2.05, 4.69) is 53.3 Å². The first-order valence-corrected chi connectivity index (χ1v) is 8.93. The first-order valence-electron chi connectivity index (χ1n) is 8.93. The van der Waals surface area contributed by atoms with Gasteiger partial charge in [0, 0.05) is 50.5 Å². The van der Waals surface area contributed by atoms with E-state index < -0.39 is 11.9 Å². The number of guanidine groups is 1. The van der Waals surface area contributed by atoms with Crippen LogP contribution in [0.3, 0.4) is 0 Å². The van der Waals surface area contributed by atoms with E-state index >= 15 is 0 Å². The van der Waals surface area contributed by atoms with Crippen molar-refractivity contribution in [3.05, 3.63) is 17.5 Å². The molecular weight excluding hydrogens is 345 g/mol. The van der Waals surface area contributed by atoms with Gasteiger partial charge in [0.05, 0.1) is 6.54 Å². The van der Waals surface area contributed by atoms with E-state index in [1.807, 2.05) is 6.92 Å². The van der Waals surface area contributed by atoms with Crippen LogP contribution in [0.2, 0.25) is 0 Å². The van der Waals surface area contributed by atoms with Crippen LogP contribution in [0.5, 0.6) is 0 Å². The molecule has 26 heavy (non-hydrogen) atoms. The van der Waals surface area contributed by atoms with Crippen molar-refractivity contribution in [3.8, 4) is 0 Å². The highest BCUT2D eigenvalue weighted by Crippen LogP contribution is 2.30. The van der Waals surface area contributed by atoms with E-state index in [1.165, 1.54) is 13.2 Å². The Morgan fingerprint density at radius 3 is 2.35 bits per heavy atom. The smallest absolute Gasteiger partial charge is 0.357 e. The van der Waals surface area contributed by atoms with Gasteiger partial charge in [-0.15, -0.1) is 0 Å². The van der Waals surface area contributed by atoms with Crippen LogP contribution in [0, 0.1) is 0 Å². The van der Waals surface area contributed by atoms with Crippen molar-refractivity contribution in [2.45, 2.75) is 59.4 Å². The molecular formula is C17H31F3N6. The number of halogens is 3. The van der Waals surface area contributed by atoms with Gasteiger partial charge >= 0.3 is 6.18 Å². The molecule has 0 saturated carbocycles. The highest BCUT2D eigenvalue weighted by Gasteiger charge is 2.36. The van der Waals surface area contributed by atoms with Gasteiger partial charge in [0.25, 0.3) is 0 Å². The normalized spacial score (nSPS) is 13.2. The van der Waals surface area contributed by atoms with Gasteiger partial charge in [-0.05, 0) is 34.6 Å². The zero-order chi connectivity index (χ0) is 19.9. The summed E-state index contributed by atoms with van der Waals surface area (Å²) in [7, 11) is 1.47. The molecule has 0 aromatic carbocycles. The average Bonchev–Trinajstić information content (AvgIpc) is 2.89. The number of aliphatic imine (C=N–C) groups is 1. The zero-order valence-electron chi connectivity index (χ0n) is 16.5. The summed E-state index contributed by atoms with van der Waals surface area (Å²) in [6.07, 6.45) is -3.12. The summed E-state index contributed by atoms with van der Waals surface area (Å²) in [6.45, 7) is 12.5. The van der Waals surface area contributed by atoms with E-state index in [4.69, 9.17) is 0 Å². The minimum absolute atomic E-state index is 0.0585. The number of alkyl halides is 3. The molecule has 2 N–H and O–H groups in total. The van der Waals surface area contributed by atoms with E-state index in [0.29, 0.717) is 31.1 Å².